The first-order chi connectivity index (χ1) is 10.8. The van der Waals surface area contributed by atoms with Crippen LogP contribution in [0.5, 0.6) is 0 Å². The van der Waals surface area contributed by atoms with Gasteiger partial charge in [-0.15, -0.1) is 11.3 Å². The summed E-state index contributed by atoms with van der Waals surface area (Å²) in [7, 11) is 5.65. The summed E-state index contributed by atoms with van der Waals surface area (Å²) in [5, 5.41) is 0. The summed E-state index contributed by atoms with van der Waals surface area (Å²) in [6.45, 7) is 4.30. The van der Waals surface area contributed by atoms with E-state index in [0.29, 0.717) is 10.8 Å². The second kappa shape index (κ2) is 7.77. The average Bonchev–Trinajstić information content (AvgIpc) is 2.92. The molecule has 0 aliphatic carbocycles. The predicted octanol–water partition coefficient (Wildman–Crippen LogP) is 2.38. The van der Waals surface area contributed by atoms with Crippen molar-refractivity contribution >= 4 is 39.1 Å². The summed E-state index contributed by atoms with van der Waals surface area (Å²) >= 11 is 4.74. The van der Waals surface area contributed by atoms with E-state index in [1.807, 2.05) is 18.0 Å². The van der Waals surface area contributed by atoms with Gasteiger partial charge in [-0.05, 0) is 54.0 Å². The van der Waals surface area contributed by atoms with Gasteiger partial charge in [0.05, 0.1) is 15.2 Å². The highest BCUT2D eigenvalue weighted by atomic mass is 79.9. The van der Waals surface area contributed by atoms with Crippen molar-refractivity contribution in [1.29, 1.82) is 0 Å². The topological polar surface area (TPSA) is 43.9 Å². The fourth-order valence-electron chi connectivity index (χ4n) is 3.11. The van der Waals surface area contributed by atoms with E-state index in [1.54, 1.807) is 13.1 Å². The number of carbonyl (C=O) groups excluding carboxylic acids is 2. The number of likely N-dealkylation sites (N-methyl/N-ethyl adjacent to an activating group) is 2. The van der Waals surface area contributed by atoms with Crippen molar-refractivity contribution in [1.82, 2.24) is 14.7 Å². The summed E-state index contributed by atoms with van der Waals surface area (Å²) in [5.41, 5.74) is 0. The summed E-state index contributed by atoms with van der Waals surface area (Å²) < 4.78 is 0.915. The number of likely N-dealkylation sites (tertiary alicyclic amines) is 1. The van der Waals surface area contributed by atoms with Crippen LogP contribution in [0.2, 0.25) is 0 Å². The van der Waals surface area contributed by atoms with Crippen molar-refractivity contribution in [2.75, 3.05) is 40.8 Å². The largest absolute Gasteiger partial charge is 0.341 e. The average molecular weight is 402 g/mol. The number of hydrogen-bond donors (Lipinski definition) is 0. The van der Waals surface area contributed by atoms with E-state index >= 15 is 0 Å². The van der Waals surface area contributed by atoms with Crippen molar-refractivity contribution in [2.45, 2.75) is 19.4 Å². The molecule has 0 aromatic carbocycles. The van der Waals surface area contributed by atoms with Crippen LogP contribution in [0.3, 0.4) is 0 Å². The van der Waals surface area contributed by atoms with Gasteiger partial charge in [-0.1, -0.05) is 6.92 Å². The Labute approximate surface area is 150 Å². The lowest BCUT2D eigenvalue weighted by Gasteiger charge is -2.40. The van der Waals surface area contributed by atoms with E-state index in [2.05, 4.69) is 34.8 Å². The van der Waals surface area contributed by atoms with Crippen molar-refractivity contribution in [3.63, 3.8) is 0 Å². The van der Waals surface area contributed by atoms with Crippen molar-refractivity contribution < 1.29 is 9.59 Å². The van der Waals surface area contributed by atoms with Crippen LogP contribution in [0.15, 0.2) is 15.9 Å². The second-order valence-electron chi connectivity index (χ2n) is 6.37. The number of piperidine rings is 1. The fourth-order valence-corrected chi connectivity index (χ4v) is 4.49. The van der Waals surface area contributed by atoms with Crippen LogP contribution in [-0.2, 0) is 4.79 Å². The highest BCUT2D eigenvalue weighted by Gasteiger charge is 2.30. The molecular formula is C16H24BrN3O2S. The first-order valence-corrected chi connectivity index (χ1v) is 9.35. The van der Waals surface area contributed by atoms with E-state index < -0.39 is 0 Å². The Morgan fingerprint density at radius 3 is 2.65 bits per heavy atom. The van der Waals surface area contributed by atoms with E-state index in [1.165, 1.54) is 16.2 Å². The molecule has 0 spiro atoms. The Hall–Kier alpha value is -0.920. The van der Waals surface area contributed by atoms with Gasteiger partial charge in [-0.2, -0.15) is 0 Å². The predicted molar refractivity (Wildman–Crippen MR) is 96.8 cm³/mol. The van der Waals surface area contributed by atoms with Crippen LogP contribution < -0.4 is 0 Å². The van der Waals surface area contributed by atoms with Crippen LogP contribution in [-0.4, -0.2) is 73.3 Å². The highest BCUT2D eigenvalue weighted by Crippen LogP contribution is 2.23. The number of nitrogens with zero attached hydrogens (tertiary/aromatic N) is 3. The Bertz CT molecular complexity index is 577. The number of halogens is 1. The molecule has 5 nitrogen and oxygen atoms in total. The monoisotopic (exact) mass is 401 g/mol. The molecule has 23 heavy (non-hydrogen) atoms. The molecule has 0 saturated carbocycles. The lowest BCUT2D eigenvalue weighted by Crippen LogP contribution is -2.51. The van der Waals surface area contributed by atoms with E-state index in [9.17, 15) is 9.59 Å². The number of thiophene rings is 1. The summed E-state index contributed by atoms with van der Waals surface area (Å²) in [5.74, 6) is 0.328. The lowest BCUT2D eigenvalue weighted by atomic mass is 9.93. The number of amides is 2. The minimum atomic E-state index is -0.112. The minimum absolute atomic E-state index is 0.00197. The molecule has 2 heterocycles. The Morgan fingerprint density at radius 2 is 2.09 bits per heavy atom. The molecule has 0 radical (unpaired) electrons. The lowest BCUT2D eigenvalue weighted by molar-refractivity contribution is -0.134. The number of carbonyl (C=O) groups is 2. The number of rotatable bonds is 4. The zero-order valence-electron chi connectivity index (χ0n) is 14.1. The zero-order chi connectivity index (χ0) is 17.1. The molecule has 1 aliphatic heterocycles. The molecule has 7 heteroatoms. The van der Waals surface area contributed by atoms with Crippen molar-refractivity contribution in [3.8, 4) is 0 Å². The van der Waals surface area contributed by atoms with E-state index in [0.717, 1.165) is 23.3 Å². The Balaban J connectivity index is 1.93. The third-order valence-electron chi connectivity index (χ3n) is 4.46. The molecular weight excluding hydrogens is 378 g/mol. The smallest absolute Gasteiger partial charge is 0.264 e. The zero-order valence-corrected chi connectivity index (χ0v) is 16.5. The van der Waals surface area contributed by atoms with E-state index in [-0.39, 0.29) is 24.4 Å². The molecule has 2 amide bonds. The maximum atomic E-state index is 12.5. The summed E-state index contributed by atoms with van der Waals surface area (Å²) in [6.07, 6.45) is 0.982. The van der Waals surface area contributed by atoms with Gasteiger partial charge in [0, 0.05) is 26.7 Å². The van der Waals surface area contributed by atoms with Crippen LogP contribution in [0, 0.1) is 5.92 Å². The normalized spacial score (nSPS) is 22.0. The molecule has 0 bridgehead atoms. The van der Waals surface area contributed by atoms with Crippen molar-refractivity contribution in [2.24, 2.45) is 5.92 Å². The maximum absolute atomic E-state index is 12.5. The first-order valence-electron chi connectivity index (χ1n) is 7.74. The summed E-state index contributed by atoms with van der Waals surface area (Å²) in [4.78, 5) is 31.1. The molecule has 128 valence electrons. The third-order valence-corrected chi connectivity index (χ3v) is 6.07. The second-order valence-corrected chi connectivity index (χ2v) is 8.83. The van der Waals surface area contributed by atoms with Gasteiger partial charge < -0.3 is 14.7 Å². The maximum Gasteiger partial charge on any atom is 0.264 e. The quantitative estimate of drug-likeness (QED) is 0.777. The van der Waals surface area contributed by atoms with Crippen LogP contribution in [0.4, 0.5) is 0 Å². The summed E-state index contributed by atoms with van der Waals surface area (Å²) in [6, 6.07) is 3.87. The van der Waals surface area contributed by atoms with Crippen molar-refractivity contribution in [3.05, 3.63) is 20.8 Å². The van der Waals surface area contributed by atoms with Crippen LogP contribution in [0.25, 0.3) is 0 Å². The first kappa shape index (κ1) is 18.4. The Kier molecular flexibility index (Phi) is 6.22. The van der Waals surface area contributed by atoms with Crippen LogP contribution >= 0.6 is 27.3 Å². The molecule has 2 atom stereocenters. The van der Waals surface area contributed by atoms with Gasteiger partial charge in [0.1, 0.15) is 0 Å². The molecule has 1 saturated heterocycles. The minimum Gasteiger partial charge on any atom is -0.341 e. The highest BCUT2D eigenvalue weighted by molar-refractivity contribution is 9.11. The third kappa shape index (κ3) is 4.55. The molecule has 1 aromatic rings. The van der Waals surface area contributed by atoms with Gasteiger partial charge in [-0.3, -0.25) is 9.59 Å². The SMILES string of the molecule is C[C@H]1CN(C)CC[C@@H]1N(C)C(=O)CN(C)C(=O)c1ccc(Br)s1. The van der Waals surface area contributed by atoms with Gasteiger partial charge in [0.2, 0.25) is 5.91 Å². The van der Waals surface area contributed by atoms with E-state index in [4.69, 9.17) is 0 Å². The van der Waals surface area contributed by atoms with Gasteiger partial charge in [-0.25, -0.2) is 0 Å². The molecule has 1 aliphatic rings. The van der Waals surface area contributed by atoms with Gasteiger partial charge in [0.15, 0.2) is 0 Å². The molecule has 1 aromatic heterocycles. The van der Waals surface area contributed by atoms with Gasteiger partial charge >= 0.3 is 0 Å². The van der Waals surface area contributed by atoms with Gasteiger partial charge in [0.25, 0.3) is 5.91 Å². The standard InChI is InChI=1S/C16H24BrN3O2S/c1-11-9-18(2)8-7-12(11)20(4)15(21)10-19(3)16(22)13-5-6-14(17)23-13/h5-6,11-12H,7-10H2,1-4H3/t11-,12-/m0/s1. The van der Waals surface area contributed by atoms with Crippen LogP contribution in [0.1, 0.15) is 23.0 Å². The fraction of sp³-hybridized carbons (Fsp3) is 0.625. The molecule has 0 unspecified atom stereocenters. The molecule has 0 N–H and O–H groups in total. The number of hydrogen-bond acceptors (Lipinski definition) is 4. The molecule has 2 rings (SSSR count). The molecule has 1 fully saturated rings. The Morgan fingerprint density at radius 1 is 1.39 bits per heavy atom.